The largest absolute Gasteiger partial charge is 0.444 e. The molecule has 2 saturated carbocycles. The minimum absolute atomic E-state index is 0.114. The molecule has 1 amide bonds. The summed E-state index contributed by atoms with van der Waals surface area (Å²) >= 11 is 0. The van der Waals surface area contributed by atoms with Gasteiger partial charge in [0.2, 0.25) is 0 Å². The average molecular weight is 353 g/mol. The van der Waals surface area contributed by atoms with Gasteiger partial charge in [0.05, 0.1) is 6.20 Å². The number of hydrogen-bond donors (Lipinski definition) is 0. The van der Waals surface area contributed by atoms with Crippen LogP contribution in [0.4, 0.5) is 0 Å². The van der Waals surface area contributed by atoms with Gasteiger partial charge in [-0.25, -0.2) is 4.98 Å². The molecule has 0 radical (unpaired) electrons. The van der Waals surface area contributed by atoms with Gasteiger partial charge in [0, 0.05) is 30.3 Å². The summed E-state index contributed by atoms with van der Waals surface area (Å²) in [5.74, 6) is 2.38. The molecule has 2 fully saturated rings. The van der Waals surface area contributed by atoms with Crippen molar-refractivity contribution in [3.05, 3.63) is 42.4 Å². The lowest BCUT2D eigenvalue weighted by molar-refractivity contribution is 0.0726. The van der Waals surface area contributed by atoms with Gasteiger partial charge < -0.3 is 14.2 Å². The van der Waals surface area contributed by atoms with E-state index in [1.807, 2.05) is 36.2 Å². The second kappa shape index (κ2) is 6.88. The molecule has 0 aliphatic heterocycles. The van der Waals surface area contributed by atoms with Gasteiger partial charge in [-0.2, -0.15) is 0 Å². The molecule has 4 rings (SSSR count). The van der Waals surface area contributed by atoms with E-state index < -0.39 is 0 Å². The van der Waals surface area contributed by atoms with Gasteiger partial charge in [0.1, 0.15) is 0 Å². The number of amides is 1. The van der Waals surface area contributed by atoms with Crippen molar-refractivity contribution < 1.29 is 9.21 Å². The highest BCUT2D eigenvalue weighted by atomic mass is 16.3. The zero-order valence-electron chi connectivity index (χ0n) is 15.8. The number of fused-ring (bicyclic) bond motifs is 1. The van der Waals surface area contributed by atoms with Crippen molar-refractivity contribution in [2.75, 3.05) is 21.1 Å². The Labute approximate surface area is 155 Å². The molecule has 0 bridgehead atoms. The van der Waals surface area contributed by atoms with Gasteiger partial charge in [0.25, 0.3) is 5.91 Å². The van der Waals surface area contributed by atoms with Crippen LogP contribution in [0.2, 0.25) is 0 Å². The molecule has 2 aliphatic carbocycles. The van der Waals surface area contributed by atoms with Crippen molar-refractivity contribution in [1.29, 1.82) is 0 Å². The van der Waals surface area contributed by atoms with E-state index in [2.05, 4.69) is 24.0 Å². The fourth-order valence-corrected chi connectivity index (χ4v) is 4.80. The lowest BCUT2D eigenvalue weighted by Gasteiger charge is -2.27. The van der Waals surface area contributed by atoms with E-state index in [-0.39, 0.29) is 5.91 Å². The maximum atomic E-state index is 12.9. The Bertz CT molecular complexity index is 740. The molecule has 2 aromatic rings. The normalized spacial score (nSPS) is 27.7. The van der Waals surface area contributed by atoms with E-state index in [9.17, 15) is 4.79 Å². The highest BCUT2D eigenvalue weighted by Crippen LogP contribution is 2.46. The Kier molecular flexibility index (Phi) is 4.57. The van der Waals surface area contributed by atoms with Crippen molar-refractivity contribution in [3.63, 3.8) is 0 Å². The molecule has 26 heavy (non-hydrogen) atoms. The van der Waals surface area contributed by atoms with Crippen molar-refractivity contribution >= 4 is 5.91 Å². The molecular formula is C21H27N3O2. The predicted molar refractivity (Wildman–Crippen MR) is 101 cm³/mol. The average Bonchev–Trinajstić information content (AvgIpc) is 3.36. The van der Waals surface area contributed by atoms with E-state index in [0.29, 0.717) is 6.04 Å². The quantitative estimate of drug-likeness (QED) is 0.844. The number of hydrogen-bond acceptors (Lipinski definition) is 4. The SMILES string of the molecule is CN(C)C1C[C@@H]2CC(N(C)C(=O)c3ccc(-c4cnco4)cc3)C[C@@H]2C1. The fourth-order valence-electron chi connectivity index (χ4n) is 4.80. The van der Waals surface area contributed by atoms with Crippen LogP contribution in [0.3, 0.4) is 0 Å². The van der Waals surface area contributed by atoms with Crippen LogP contribution in [-0.4, -0.2) is 53.9 Å². The molecule has 1 aromatic heterocycles. The van der Waals surface area contributed by atoms with Gasteiger partial charge in [-0.05, 0) is 63.7 Å². The standard InChI is InChI=1S/C21H27N3O2/c1-23(2)18-8-16-10-19(11-17(16)9-18)24(3)21(25)15-6-4-14(5-7-15)20-12-22-13-26-20/h4-7,12-13,16-19H,8-11H2,1-3H3/t16-,17+,18?,19?. The molecule has 4 atom stereocenters. The number of aromatic nitrogens is 1. The third kappa shape index (κ3) is 3.16. The fraction of sp³-hybridized carbons (Fsp3) is 0.524. The van der Waals surface area contributed by atoms with Gasteiger partial charge in [0.15, 0.2) is 12.2 Å². The number of oxazole rings is 1. The third-order valence-electron chi connectivity index (χ3n) is 6.41. The molecule has 0 saturated heterocycles. The lowest BCUT2D eigenvalue weighted by Crippen LogP contribution is -2.36. The van der Waals surface area contributed by atoms with Crippen LogP contribution < -0.4 is 0 Å². The molecule has 2 unspecified atom stereocenters. The van der Waals surface area contributed by atoms with Crippen LogP contribution in [0.15, 0.2) is 41.3 Å². The number of benzene rings is 1. The van der Waals surface area contributed by atoms with Crippen molar-refractivity contribution in [3.8, 4) is 11.3 Å². The van der Waals surface area contributed by atoms with E-state index in [0.717, 1.165) is 47.6 Å². The van der Waals surface area contributed by atoms with E-state index in [1.54, 1.807) is 6.20 Å². The number of carbonyl (C=O) groups excluding carboxylic acids is 1. The first-order valence-corrected chi connectivity index (χ1v) is 9.45. The molecule has 5 heteroatoms. The number of carbonyl (C=O) groups is 1. The summed E-state index contributed by atoms with van der Waals surface area (Å²) in [4.78, 5) is 21.2. The number of rotatable bonds is 4. The Hall–Kier alpha value is -2.14. The second-order valence-corrected chi connectivity index (χ2v) is 8.09. The summed E-state index contributed by atoms with van der Waals surface area (Å²) < 4.78 is 5.31. The molecule has 1 heterocycles. The molecule has 2 aliphatic rings. The Morgan fingerprint density at radius 2 is 1.62 bits per heavy atom. The van der Waals surface area contributed by atoms with Gasteiger partial charge in [-0.15, -0.1) is 0 Å². The topological polar surface area (TPSA) is 49.6 Å². The molecular weight excluding hydrogens is 326 g/mol. The van der Waals surface area contributed by atoms with E-state index >= 15 is 0 Å². The first-order valence-electron chi connectivity index (χ1n) is 9.45. The van der Waals surface area contributed by atoms with Crippen LogP contribution >= 0.6 is 0 Å². The summed E-state index contributed by atoms with van der Waals surface area (Å²) in [6.45, 7) is 0. The first-order chi connectivity index (χ1) is 12.5. The molecule has 138 valence electrons. The van der Waals surface area contributed by atoms with Crippen molar-refractivity contribution in [1.82, 2.24) is 14.8 Å². The molecule has 5 nitrogen and oxygen atoms in total. The van der Waals surface area contributed by atoms with Crippen molar-refractivity contribution in [2.24, 2.45) is 11.8 Å². The molecule has 0 spiro atoms. The van der Waals surface area contributed by atoms with Gasteiger partial charge in [-0.1, -0.05) is 12.1 Å². The predicted octanol–water partition coefficient (Wildman–Crippen LogP) is 3.53. The zero-order valence-corrected chi connectivity index (χ0v) is 15.8. The van der Waals surface area contributed by atoms with Crippen LogP contribution in [0.25, 0.3) is 11.3 Å². The molecule has 1 aromatic carbocycles. The lowest BCUT2D eigenvalue weighted by atomic mass is 10.0. The van der Waals surface area contributed by atoms with Gasteiger partial charge >= 0.3 is 0 Å². The summed E-state index contributed by atoms with van der Waals surface area (Å²) in [6, 6.07) is 8.70. The monoisotopic (exact) mass is 353 g/mol. The summed E-state index contributed by atoms with van der Waals surface area (Å²) in [7, 11) is 6.32. The number of nitrogens with zero attached hydrogens (tertiary/aromatic N) is 3. The third-order valence-corrected chi connectivity index (χ3v) is 6.41. The maximum Gasteiger partial charge on any atom is 0.253 e. The summed E-state index contributed by atoms with van der Waals surface area (Å²) in [5, 5.41) is 0. The van der Waals surface area contributed by atoms with Gasteiger partial charge in [-0.3, -0.25) is 4.79 Å². The zero-order chi connectivity index (χ0) is 18.3. The maximum absolute atomic E-state index is 12.9. The van der Waals surface area contributed by atoms with Crippen molar-refractivity contribution in [2.45, 2.75) is 37.8 Å². The smallest absolute Gasteiger partial charge is 0.253 e. The summed E-state index contributed by atoms with van der Waals surface area (Å²) in [6.07, 6.45) is 7.95. The minimum Gasteiger partial charge on any atom is -0.444 e. The first kappa shape index (κ1) is 17.3. The van der Waals surface area contributed by atoms with Crippen LogP contribution in [0.5, 0.6) is 0 Å². The van der Waals surface area contributed by atoms with Crippen LogP contribution in [-0.2, 0) is 0 Å². The highest BCUT2D eigenvalue weighted by Gasteiger charge is 2.44. The Morgan fingerprint density at radius 3 is 2.15 bits per heavy atom. The molecule has 0 N–H and O–H groups in total. The van der Waals surface area contributed by atoms with Crippen LogP contribution in [0.1, 0.15) is 36.0 Å². The Morgan fingerprint density at radius 1 is 1.00 bits per heavy atom. The Balaban J connectivity index is 1.40. The second-order valence-electron chi connectivity index (χ2n) is 8.09. The highest BCUT2D eigenvalue weighted by molar-refractivity contribution is 5.94. The van der Waals surface area contributed by atoms with Crippen LogP contribution in [0, 0.1) is 11.8 Å². The minimum atomic E-state index is 0.114. The summed E-state index contributed by atoms with van der Waals surface area (Å²) in [5.41, 5.74) is 1.67. The van der Waals surface area contributed by atoms with E-state index in [1.165, 1.54) is 19.2 Å². The van der Waals surface area contributed by atoms with E-state index in [4.69, 9.17) is 4.42 Å².